The van der Waals surface area contributed by atoms with Crippen LogP contribution in [0.15, 0.2) is 48.6 Å². The number of fused-ring (bicyclic) bond motifs is 2. The molecule has 3 rings (SSSR count). The summed E-state index contributed by atoms with van der Waals surface area (Å²) >= 11 is 0. The topological polar surface area (TPSA) is 9.23 Å². The van der Waals surface area contributed by atoms with Gasteiger partial charge in [-0.3, -0.25) is 0 Å². The van der Waals surface area contributed by atoms with Crippen molar-refractivity contribution >= 4 is 0 Å². The molecule has 1 nitrogen and oxygen atoms in total. The highest BCUT2D eigenvalue weighted by Gasteiger charge is 2.33. The molecule has 3 atom stereocenters. The molecular formula is C14H14O. The Bertz CT molecular complexity index is 431. The molecule has 0 fully saturated rings. The highest BCUT2D eigenvalue weighted by molar-refractivity contribution is 5.41. The van der Waals surface area contributed by atoms with Crippen LogP contribution < -0.4 is 4.74 Å². The maximum Gasteiger partial charge on any atom is 0.124 e. The van der Waals surface area contributed by atoms with E-state index >= 15 is 0 Å². The quantitative estimate of drug-likeness (QED) is 0.621. The Kier molecular flexibility index (Phi) is 1.91. The molecule has 0 spiro atoms. The van der Waals surface area contributed by atoms with Gasteiger partial charge in [0.15, 0.2) is 0 Å². The van der Waals surface area contributed by atoms with E-state index in [1.807, 2.05) is 6.07 Å². The van der Waals surface area contributed by atoms with Crippen LogP contribution in [0, 0.1) is 5.92 Å². The van der Waals surface area contributed by atoms with E-state index in [4.69, 9.17) is 4.74 Å². The van der Waals surface area contributed by atoms with Gasteiger partial charge >= 0.3 is 0 Å². The number of hydrogen-bond acceptors (Lipinski definition) is 1. The summed E-state index contributed by atoms with van der Waals surface area (Å²) in [6.45, 7) is 2.28. The third-order valence-electron chi connectivity index (χ3n) is 3.37. The Morgan fingerprint density at radius 3 is 2.80 bits per heavy atom. The molecule has 1 aromatic rings. The Balaban J connectivity index is 2.07. The molecule has 1 aliphatic carbocycles. The second-order valence-corrected chi connectivity index (χ2v) is 4.26. The molecule has 0 radical (unpaired) electrons. The average molecular weight is 198 g/mol. The average Bonchev–Trinajstić information content (AvgIpc) is 2.30. The molecule has 3 unspecified atom stereocenters. The van der Waals surface area contributed by atoms with Crippen LogP contribution >= 0.6 is 0 Å². The van der Waals surface area contributed by atoms with Crippen LogP contribution in [0.25, 0.3) is 0 Å². The van der Waals surface area contributed by atoms with E-state index in [2.05, 4.69) is 49.4 Å². The first-order valence-corrected chi connectivity index (χ1v) is 5.47. The molecule has 1 aromatic carbocycles. The molecule has 15 heavy (non-hydrogen) atoms. The van der Waals surface area contributed by atoms with Crippen LogP contribution in [0.3, 0.4) is 0 Å². The van der Waals surface area contributed by atoms with Gasteiger partial charge in [-0.2, -0.15) is 0 Å². The van der Waals surface area contributed by atoms with E-state index in [0.717, 1.165) is 5.75 Å². The van der Waals surface area contributed by atoms with Crippen LogP contribution in [-0.2, 0) is 0 Å². The Labute approximate surface area is 90.1 Å². The minimum atomic E-state index is 0.222. The number of benzene rings is 1. The predicted octanol–water partition coefficient (Wildman–Crippen LogP) is 3.29. The van der Waals surface area contributed by atoms with Gasteiger partial charge in [-0.1, -0.05) is 43.4 Å². The smallest absolute Gasteiger partial charge is 0.124 e. The molecule has 0 aromatic heterocycles. The van der Waals surface area contributed by atoms with Crippen molar-refractivity contribution in [2.24, 2.45) is 5.92 Å². The molecule has 0 saturated carbocycles. The van der Waals surface area contributed by atoms with E-state index in [1.54, 1.807) is 0 Å². The lowest BCUT2D eigenvalue weighted by Gasteiger charge is -2.36. The standard InChI is InChI=1S/C14H14O/c1-10-11-6-2-4-8-13(11)15-14-9-5-3-7-12(10)14/h2-11,13H,1H3. The summed E-state index contributed by atoms with van der Waals surface area (Å²) in [4.78, 5) is 0. The maximum atomic E-state index is 5.97. The van der Waals surface area contributed by atoms with Crippen molar-refractivity contribution in [3.05, 3.63) is 54.1 Å². The number of para-hydroxylation sites is 1. The number of ether oxygens (including phenoxy) is 1. The summed E-state index contributed by atoms with van der Waals surface area (Å²) in [7, 11) is 0. The van der Waals surface area contributed by atoms with Gasteiger partial charge in [-0.15, -0.1) is 0 Å². The fraction of sp³-hybridized carbons (Fsp3) is 0.286. The second kappa shape index (κ2) is 3.27. The highest BCUT2D eigenvalue weighted by Crippen LogP contribution is 2.41. The fourth-order valence-electron chi connectivity index (χ4n) is 2.49. The van der Waals surface area contributed by atoms with Crippen LogP contribution in [0.4, 0.5) is 0 Å². The van der Waals surface area contributed by atoms with E-state index in [9.17, 15) is 0 Å². The monoisotopic (exact) mass is 198 g/mol. The van der Waals surface area contributed by atoms with Crippen molar-refractivity contribution in [3.8, 4) is 5.75 Å². The van der Waals surface area contributed by atoms with E-state index in [0.29, 0.717) is 11.8 Å². The number of hydrogen-bond donors (Lipinski definition) is 0. The number of rotatable bonds is 0. The van der Waals surface area contributed by atoms with Gasteiger partial charge < -0.3 is 4.74 Å². The summed E-state index contributed by atoms with van der Waals surface area (Å²) < 4.78 is 5.97. The minimum absolute atomic E-state index is 0.222. The third kappa shape index (κ3) is 1.30. The second-order valence-electron chi connectivity index (χ2n) is 4.26. The molecule has 2 aliphatic rings. The van der Waals surface area contributed by atoms with Gasteiger partial charge in [0.05, 0.1) is 0 Å². The Morgan fingerprint density at radius 2 is 1.87 bits per heavy atom. The molecule has 0 N–H and O–H groups in total. The summed E-state index contributed by atoms with van der Waals surface area (Å²) in [5, 5.41) is 0. The third-order valence-corrected chi connectivity index (χ3v) is 3.37. The lowest BCUT2D eigenvalue weighted by atomic mass is 9.79. The Hall–Kier alpha value is -1.50. The van der Waals surface area contributed by atoms with Crippen LogP contribution in [0.5, 0.6) is 5.75 Å². The van der Waals surface area contributed by atoms with Gasteiger partial charge in [0, 0.05) is 5.92 Å². The molecule has 0 bridgehead atoms. The molecule has 1 aliphatic heterocycles. The largest absolute Gasteiger partial charge is 0.485 e. The van der Waals surface area contributed by atoms with Gasteiger partial charge in [0.2, 0.25) is 0 Å². The SMILES string of the molecule is CC1c2ccccc2OC2C=CC=CC21. The zero-order chi connectivity index (χ0) is 10.3. The van der Waals surface area contributed by atoms with Crippen LogP contribution in [0.2, 0.25) is 0 Å². The van der Waals surface area contributed by atoms with Crippen molar-refractivity contribution in [2.45, 2.75) is 18.9 Å². The lowest BCUT2D eigenvalue weighted by molar-refractivity contribution is 0.161. The summed E-state index contributed by atoms with van der Waals surface area (Å²) in [6.07, 6.45) is 8.82. The van der Waals surface area contributed by atoms with E-state index in [1.165, 1.54) is 5.56 Å². The Morgan fingerprint density at radius 1 is 1.07 bits per heavy atom. The summed E-state index contributed by atoms with van der Waals surface area (Å²) in [5.74, 6) is 2.08. The van der Waals surface area contributed by atoms with E-state index in [-0.39, 0.29) is 6.10 Å². The van der Waals surface area contributed by atoms with Crippen molar-refractivity contribution in [1.82, 2.24) is 0 Å². The summed E-state index contributed by atoms with van der Waals surface area (Å²) in [5.41, 5.74) is 1.33. The molecule has 0 amide bonds. The van der Waals surface area contributed by atoms with Gasteiger partial charge in [0.1, 0.15) is 11.9 Å². The van der Waals surface area contributed by atoms with Crippen molar-refractivity contribution in [2.75, 3.05) is 0 Å². The normalized spacial score (nSPS) is 31.7. The van der Waals surface area contributed by atoms with Gasteiger partial charge in [0.25, 0.3) is 0 Å². The maximum absolute atomic E-state index is 5.97. The predicted molar refractivity (Wildman–Crippen MR) is 61.0 cm³/mol. The van der Waals surface area contributed by atoms with Crippen molar-refractivity contribution in [3.63, 3.8) is 0 Å². The molecular weight excluding hydrogens is 184 g/mol. The van der Waals surface area contributed by atoms with Crippen molar-refractivity contribution in [1.29, 1.82) is 0 Å². The lowest BCUT2D eigenvalue weighted by Crippen LogP contribution is -2.33. The minimum Gasteiger partial charge on any atom is -0.485 e. The summed E-state index contributed by atoms with van der Waals surface area (Å²) in [6, 6.07) is 8.35. The number of allylic oxidation sites excluding steroid dienone is 2. The van der Waals surface area contributed by atoms with Gasteiger partial charge in [-0.05, 0) is 23.6 Å². The van der Waals surface area contributed by atoms with Crippen LogP contribution in [0.1, 0.15) is 18.4 Å². The molecule has 1 heteroatoms. The molecule has 1 heterocycles. The van der Waals surface area contributed by atoms with E-state index < -0.39 is 0 Å². The first kappa shape index (κ1) is 8.78. The molecule has 76 valence electrons. The van der Waals surface area contributed by atoms with Crippen molar-refractivity contribution < 1.29 is 4.74 Å². The zero-order valence-electron chi connectivity index (χ0n) is 8.76. The zero-order valence-corrected chi connectivity index (χ0v) is 8.76. The first-order chi connectivity index (χ1) is 7.36. The van der Waals surface area contributed by atoms with Crippen LogP contribution in [-0.4, -0.2) is 6.10 Å². The molecule has 0 saturated heterocycles. The fourth-order valence-corrected chi connectivity index (χ4v) is 2.49. The highest BCUT2D eigenvalue weighted by atomic mass is 16.5. The van der Waals surface area contributed by atoms with Gasteiger partial charge in [-0.25, -0.2) is 0 Å². The first-order valence-electron chi connectivity index (χ1n) is 5.47.